The maximum absolute atomic E-state index is 12.0. The molecule has 150 valence electrons. The van der Waals surface area contributed by atoms with Crippen molar-refractivity contribution in [3.8, 4) is 17.4 Å². The SMILES string of the molecule is O=C(COCc1ccccc1)Nc1ccc(Oc2cc(-n3cccc3)ncn2)cc1. The zero-order valence-electron chi connectivity index (χ0n) is 16.1. The Morgan fingerprint density at radius 1 is 0.933 bits per heavy atom. The second kappa shape index (κ2) is 9.49. The van der Waals surface area contributed by atoms with Gasteiger partial charge in [0.1, 0.15) is 24.5 Å². The van der Waals surface area contributed by atoms with Crippen LogP contribution in [0.1, 0.15) is 5.56 Å². The summed E-state index contributed by atoms with van der Waals surface area (Å²) in [6, 6.07) is 22.4. The first kappa shape index (κ1) is 19.4. The average molecular weight is 400 g/mol. The summed E-state index contributed by atoms with van der Waals surface area (Å²) in [5.74, 6) is 1.53. The first-order valence-corrected chi connectivity index (χ1v) is 9.41. The van der Waals surface area contributed by atoms with Crippen molar-refractivity contribution < 1.29 is 14.3 Å². The Bertz CT molecular complexity index is 1080. The molecule has 1 N–H and O–H groups in total. The third-order valence-corrected chi connectivity index (χ3v) is 4.20. The standard InChI is InChI=1S/C23H20N4O3/c28-22(16-29-15-18-6-2-1-3-7-18)26-19-8-10-20(11-9-19)30-23-14-21(24-17-25-23)27-12-4-5-13-27/h1-14,17H,15-16H2,(H,26,28). The lowest BCUT2D eigenvalue weighted by Crippen LogP contribution is -2.18. The van der Waals surface area contributed by atoms with Crippen LogP contribution in [0.25, 0.3) is 5.82 Å². The molecule has 0 aliphatic carbocycles. The molecule has 0 radical (unpaired) electrons. The van der Waals surface area contributed by atoms with E-state index in [1.54, 1.807) is 30.3 Å². The quantitative estimate of drug-likeness (QED) is 0.479. The van der Waals surface area contributed by atoms with Crippen LogP contribution in [-0.4, -0.2) is 27.0 Å². The number of nitrogens with one attached hydrogen (secondary N) is 1. The first-order chi connectivity index (χ1) is 14.8. The molecule has 7 heteroatoms. The number of anilines is 1. The van der Waals surface area contributed by atoms with E-state index in [1.807, 2.05) is 59.4 Å². The Labute approximate surface area is 173 Å². The van der Waals surface area contributed by atoms with E-state index in [0.29, 0.717) is 29.7 Å². The summed E-state index contributed by atoms with van der Waals surface area (Å²) in [5.41, 5.74) is 1.68. The number of hydrogen-bond donors (Lipinski definition) is 1. The van der Waals surface area contributed by atoms with Crippen LogP contribution in [0.15, 0.2) is 91.5 Å². The topological polar surface area (TPSA) is 78.3 Å². The lowest BCUT2D eigenvalue weighted by Gasteiger charge is -2.09. The predicted molar refractivity (Wildman–Crippen MR) is 113 cm³/mol. The van der Waals surface area contributed by atoms with E-state index in [2.05, 4.69) is 15.3 Å². The number of carbonyl (C=O) groups is 1. The van der Waals surface area contributed by atoms with E-state index in [9.17, 15) is 4.79 Å². The van der Waals surface area contributed by atoms with Crippen molar-refractivity contribution in [3.63, 3.8) is 0 Å². The molecule has 0 bridgehead atoms. The molecule has 0 unspecified atom stereocenters. The van der Waals surface area contributed by atoms with E-state index in [-0.39, 0.29) is 12.5 Å². The smallest absolute Gasteiger partial charge is 0.250 e. The van der Waals surface area contributed by atoms with Crippen LogP contribution in [0.3, 0.4) is 0 Å². The van der Waals surface area contributed by atoms with Crippen LogP contribution in [0, 0.1) is 0 Å². The fourth-order valence-electron chi connectivity index (χ4n) is 2.77. The summed E-state index contributed by atoms with van der Waals surface area (Å²) in [5, 5.41) is 2.80. The predicted octanol–water partition coefficient (Wildman–Crippen LogP) is 4.21. The van der Waals surface area contributed by atoms with Gasteiger partial charge in [-0.05, 0) is 42.0 Å². The minimum atomic E-state index is -0.216. The zero-order valence-corrected chi connectivity index (χ0v) is 16.1. The van der Waals surface area contributed by atoms with Gasteiger partial charge in [-0.2, -0.15) is 0 Å². The molecular weight excluding hydrogens is 380 g/mol. The highest BCUT2D eigenvalue weighted by Gasteiger charge is 2.06. The molecule has 0 aliphatic rings. The van der Waals surface area contributed by atoms with Crippen LogP contribution >= 0.6 is 0 Å². The van der Waals surface area contributed by atoms with Gasteiger partial charge in [0.05, 0.1) is 6.61 Å². The molecular formula is C23H20N4O3. The molecule has 4 aromatic rings. The highest BCUT2D eigenvalue weighted by molar-refractivity contribution is 5.91. The highest BCUT2D eigenvalue weighted by Crippen LogP contribution is 2.22. The largest absolute Gasteiger partial charge is 0.439 e. The maximum atomic E-state index is 12.0. The van der Waals surface area contributed by atoms with E-state index in [0.717, 1.165) is 5.56 Å². The molecule has 0 saturated heterocycles. The monoisotopic (exact) mass is 400 g/mol. The van der Waals surface area contributed by atoms with Gasteiger partial charge < -0.3 is 19.4 Å². The second-order valence-corrected chi connectivity index (χ2v) is 6.46. The first-order valence-electron chi connectivity index (χ1n) is 9.41. The second-order valence-electron chi connectivity index (χ2n) is 6.46. The molecule has 0 atom stereocenters. The fraction of sp³-hybridized carbons (Fsp3) is 0.0870. The van der Waals surface area contributed by atoms with Crippen molar-refractivity contribution in [2.45, 2.75) is 6.61 Å². The van der Waals surface area contributed by atoms with Gasteiger partial charge in [0, 0.05) is 24.1 Å². The van der Waals surface area contributed by atoms with Gasteiger partial charge in [-0.1, -0.05) is 30.3 Å². The molecule has 4 rings (SSSR count). The summed E-state index contributed by atoms with van der Waals surface area (Å²) in [7, 11) is 0. The molecule has 0 spiro atoms. The number of hydrogen-bond acceptors (Lipinski definition) is 5. The Hall–Kier alpha value is -3.97. The average Bonchev–Trinajstić information content (AvgIpc) is 3.31. The molecule has 7 nitrogen and oxygen atoms in total. The Balaban J connectivity index is 1.29. The van der Waals surface area contributed by atoms with Crippen LogP contribution in [-0.2, 0) is 16.1 Å². The van der Waals surface area contributed by atoms with Gasteiger partial charge in [0.2, 0.25) is 11.8 Å². The maximum Gasteiger partial charge on any atom is 0.250 e. The van der Waals surface area contributed by atoms with Crippen molar-refractivity contribution in [1.29, 1.82) is 0 Å². The van der Waals surface area contributed by atoms with E-state index in [4.69, 9.17) is 9.47 Å². The van der Waals surface area contributed by atoms with Gasteiger partial charge in [0.15, 0.2) is 0 Å². The summed E-state index contributed by atoms with van der Waals surface area (Å²) in [6.07, 6.45) is 5.25. The Morgan fingerprint density at radius 3 is 2.47 bits per heavy atom. The number of ether oxygens (including phenoxy) is 2. The summed E-state index contributed by atoms with van der Waals surface area (Å²) in [4.78, 5) is 20.4. The van der Waals surface area contributed by atoms with Crippen molar-refractivity contribution in [2.75, 3.05) is 11.9 Å². The molecule has 2 aromatic heterocycles. The minimum absolute atomic E-state index is 0.0176. The van der Waals surface area contributed by atoms with Crippen LogP contribution in [0.5, 0.6) is 11.6 Å². The van der Waals surface area contributed by atoms with Crippen molar-refractivity contribution in [1.82, 2.24) is 14.5 Å². The number of amides is 1. The van der Waals surface area contributed by atoms with Gasteiger partial charge in [-0.3, -0.25) is 4.79 Å². The molecule has 0 aliphatic heterocycles. The lowest BCUT2D eigenvalue weighted by molar-refractivity contribution is -0.121. The summed E-state index contributed by atoms with van der Waals surface area (Å²) < 4.78 is 13.1. The van der Waals surface area contributed by atoms with Gasteiger partial charge in [0.25, 0.3) is 0 Å². The third-order valence-electron chi connectivity index (χ3n) is 4.20. The Morgan fingerprint density at radius 2 is 1.70 bits per heavy atom. The van der Waals surface area contributed by atoms with E-state index < -0.39 is 0 Å². The molecule has 30 heavy (non-hydrogen) atoms. The zero-order chi connectivity index (χ0) is 20.6. The Kier molecular flexibility index (Phi) is 6.12. The summed E-state index contributed by atoms with van der Waals surface area (Å²) in [6.45, 7) is 0.376. The highest BCUT2D eigenvalue weighted by atomic mass is 16.5. The number of benzene rings is 2. The minimum Gasteiger partial charge on any atom is -0.439 e. The molecule has 2 aromatic carbocycles. The van der Waals surface area contributed by atoms with E-state index >= 15 is 0 Å². The third kappa shape index (κ3) is 5.30. The van der Waals surface area contributed by atoms with Crippen molar-refractivity contribution >= 4 is 11.6 Å². The summed E-state index contributed by atoms with van der Waals surface area (Å²) >= 11 is 0. The van der Waals surface area contributed by atoms with Crippen LogP contribution in [0.2, 0.25) is 0 Å². The van der Waals surface area contributed by atoms with Gasteiger partial charge >= 0.3 is 0 Å². The molecule has 2 heterocycles. The number of rotatable bonds is 8. The molecule has 0 fully saturated rings. The normalized spacial score (nSPS) is 10.5. The van der Waals surface area contributed by atoms with Crippen LogP contribution in [0.4, 0.5) is 5.69 Å². The lowest BCUT2D eigenvalue weighted by atomic mass is 10.2. The van der Waals surface area contributed by atoms with Gasteiger partial charge in [-0.25, -0.2) is 9.97 Å². The fourth-order valence-corrected chi connectivity index (χ4v) is 2.77. The van der Waals surface area contributed by atoms with Crippen LogP contribution < -0.4 is 10.1 Å². The number of carbonyl (C=O) groups excluding carboxylic acids is 1. The van der Waals surface area contributed by atoms with Crippen molar-refractivity contribution in [2.24, 2.45) is 0 Å². The van der Waals surface area contributed by atoms with Gasteiger partial charge in [-0.15, -0.1) is 0 Å². The molecule has 1 amide bonds. The van der Waals surface area contributed by atoms with E-state index in [1.165, 1.54) is 6.33 Å². The molecule has 0 saturated carbocycles. The van der Waals surface area contributed by atoms with Crippen molar-refractivity contribution in [3.05, 3.63) is 97.1 Å². The number of nitrogens with zero attached hydrogens (tertiary/aromatic N) is 3. The number of aromatic nitrogens is 3.